The van der Waals surface area contributed by atoms with Gasteiger partial charge in [-0.1, -0.05) is 6.92 Å². The van der Waals surface area contributed by atoms with Crippen LogP contribution in [0, 0.1) is 10.8 Å². The van der Waals surface area contributed by atoms with E-state index in [9.17, 15) is 0 Å². The molecule has 0 saturated carbocycles. The van der Waals surface area contributed by atoms with E-state index >= 15 is 0 Å². The van der Waals surface area contributed by atoms with Gasteiger partial charge in [0.05, 0.1) is 0 Å². The lowest BCUT2D eigenvalue weighted by atomic mass is 10.2. The van der Waals surface area contributed by atoms with Crippen LogP contribution in [0.25, 0.3) is 0 Å². The molecular weight excluding hydrogens is 292 g/mol. The number of nitrogen functional groups attached to an aromatic ring is 2. The van der Waals surface area contributed by atoms with Crippen LogP contribution in [-0.4, -0.2) is 18.0 Å². The van der Waals surface area contributed by atoms with Crippen LogP contribution in [0.4, 0.5) is 0 Å². The first kappa shape index (κ1) is 16.4. The summed E-state index contributed by atoms with van der Waals surface area (Å²) in [6, 6.07) is 13.9. The summed E-state index contributed by atoms with van der Waals surface area (Å²) in [7, 11) is 0. The van der Waals surface area contributed by atoms with Crippen LogP contribution in [0.2, 0.25) is 0 Å². The van der Waals surface area contributed by atoms with Crippen molar-refractivity contribution in [3.8, 4) is 11.5 Å². The molecule has 23 heavy (non-hydrogen) atoms. The average molecular weight is 312 g/mol. The number of nitrogens with one attached hydrogen (secondary N) is 2. The summed E-state index contributed by atoms with van der Waals surface area (Å²) in [5, 5.41) is 14.7. The Bertz CT molecular complexity index is 621. The molecule has 0 aliphatic heterocycles. The summed E-state index contributed by atoms with van der Waals surface area (Å²) in [5.74, 6) is 1.32. The van der Waals surface area contributed by atoms with Crippen molar-refractivity contribution in [2.45, 2.75) is 19.6 Å². The molecule has 2 rings (SSSR count). The molecule has 0 saturated heterocycles. The zero-order valence-corrected chi connectivity index (χ0v) is 12.9. The van der Waals surface area contributed by atoms with Crippen LogP contribution in [0.1, 0.15) is 24.5 Å². The van der Waals surface area contributed by atoms with Crippen LogP contribution < -0.4 is 20.9 Å². The van der Waals surface area contributed by atoms with E-state index < -0.39 is 6.29 Å². The minimum Gasteiger partial charge on any atom is -0.455 e. The molecule has 0 unspecified atom stereocenters. The number of nitrogens with two attached hydrogens (primary N) is 2. The van der Waals surface area contributed by atoms with E-state index in [-0.39, 0.29) is 11.7 Å². The van der Waals surface area contributed by atoms with Crippen molar-refractivity contribution in [1.29, 1.82) is 10.8 Å². The summed E-state index contributed by atoms with van der Waals surface area (Å²) >= 11 is 0. The predicted molar refractivity (Wildman–Crippen MR) is 90.3 cm³/mol. The van der Waals surface area contributed by atoms with Crippen molar-refractivity contribution in [2.75, 3.05) is 0 Å². The Balaban J connectivity index is 2.02. The summed E-state index contributed by atoms with van der Waals surface area (Å²) in [5.41, 5.74) is 12.1. The number of benzene rings is 2. The second-order valence-electron chi connectivity index (χ2n) is 4.95. The fourth-order valence-corrected chi connectivity index (χ4v) is 1.92. The van der Waals surface area contributed by atoms with Gasteiger partial charge in [0, 0.05) is 17.5 Å². The van der Waals surface area contributed by atoms with Gasteiger partial charge in [-0.3, -0.25) is 10.8 Å². The van der Waals surface area contributed by atoms with Gasteiger partial charge in [0.1, 0.15) is 23.2 Å². The van der Waals surface area contributed by atoms with E-state index in [1.807, 2.05) is 6.92 Å². The van der Waals surface area contributed by atoms with Crippen molar-refractivity contribution in [1.82, 2.24) is 0 Å². The third-order valence-corrected chi connectivity index (χ3v) is 3.20. The van der Waals surface area contributed by atoms with Crippen molar-refractivity contribution in [3.05, 3.63) is 59.7 Å². The molecule has 0 radical (unpaired) electrons. The highest BCUT2D eigenvalue weighted by molar-refractivity contribution is 5.95. The summed E-state index contributed by atoms with van der Waals surface area (Å²) in [6.07, 6.45) is 0.212. The summed E-state index contributed by atoms with van der Waals surface area (Å²) < 4.78 is 11.6. The van der Waals surface area contributed by atoms with Gasteiger partial charge in [0.25, 0.3) is 0 Å². The monoisotopic (exact) mass is 312 g/mol. The van der Waals surface area contributed by atoms with Gasteiger partial charge >= 0.3 is 0 Å². The van der Waals surface area contributed by atoms with Gasteiger partial charge in [-0.15, -0.1) is 0 Å². The summed E-state index contributed by atoms with van der Waals surface area (Å²) in [6.45, 7) is 1.96. The first-order chi connectivity index (χ1) is 11.0. The standard InChI is InChI=1S/C17H20N4O2/c1-2-15(22-13-7-3-11(4-8-13)16(18)19)23-14-9-5-12(6-10-14)17(20)21/h3-10,15H,2H2,1H3,(H3,18,19)(H3,20,21). The SMILES string of the molecule is CCC(Oc1ccc(C(=N)N)cc1)Oc1ccc(C(=N)N)cc1. The first-order valence-corrected chi connectivity index (χ1v) is 7.22. The topological polar surface area (TPSA) is 118 Å². The van der Waals surface area contributed by atoms with Crippen LogP contribution in [-0.2, 0) is 0 Å². The number of amidine groups is 2. The molecule has 0 amide bonds. The lowest BCUT2D eigenvalue weighted by Crippen LogP contribution is -2.23. The van der Waals surface area contributed by atoms with Gasteiger partial charge in [-0.05, 0) is 48.5 Å². The lowest BCUT2D eigenvalue weighted by Gasteiger charge is -2.19. The van der Waals surface area contributed by atoms with Gasteiger partial charge in [0.15, 0.2) is 0 Å². The van der Waals surface area contributed by atoms with Crippen LogP contribution in [0.5, 0.6) is 11.5 Å². The van der Waals surface area contributed by atoms with Crippen LogP contribution >= 0.6 is 0 Å². The van der Waals surface area contributed by atoms with Gasteiger partial charge in [-0.25, -0.2) is 0 Å². The van der Waals surface area contributed by atoms with Crippen LogP contribution in [0.15, 0.2) is 48.5 Å². The summed E-state index contributed by atoms with van der Waals surface area (Å²) in [4.78, 5) is 0. The quantitative estimate of drug-likeness (QED) is 0.357. The van der Waals surface area contributed by atoms with E-state index in [4.69, 9.17) is 31.8 Å². The Morgan fingerprint density at radius 2 is 1.17 bits per heavy atom. The molecule has 0 fully saturated rings. The number of hydrogen-bond acceptors (Lipinski definition) is 4. The van der Waals surface area contributed by atoms with Crippen molar-refractivity contribution in [3.63, 3.8) is 0 Å². The maximum atomic E-state index is 7.37. The predicted octanol–water partition coefficient (Wildman–Crippen LogP) is 2.45. The maximum absolute atomic E-state index is 7.37. The average Bonchev–Trinajstić information content (AvgIpc) is 2.55. The molecule has 6 heteroatoms. The highest BCUT2D eigenvalue weighted by Gasteiger charge is 2.10. The van der Waals surface area contributed by atoms with Gasteiger partial charge in [-0.2, -0.15) is 0 Å². The Morgan fingerprint density at radius 1 is 0.826 bits per heavy atom. The Labute approximate surface area is 135 Å². The highest BCUT2D eigenvalue weighted by atomic mass is 16.7. The molecule has 120 valence electrons. The van der Waals surface area contributed by atoms with Gasteiger partial charge < -0.3 is 20.9 Å². The third kappa shape index (κ3) is 4.47. The number of rotatable bonds is 7. The fraction of sp³-hybridized carbons (Fsp3) is 0.176. The van der Waals surface area contributed by atoms with E-state index in [1.54, 1.807) is 48.5 Å². The number of ether oxygens (including phenoxy) is 2. The van der Waals surface area contributed by atoms with Crippen molar-refractivity contribution < 1.29 is 9.47 Å². The molecule has 0 aliphatic rings. The minimum atomic E-state index is -0.443. The number of hydrogen-bond donors (Lipinski definition) is 4. The van der Waals surface area contributed by atoms with Crippen LogP contribution in [0.3, 0.4) is 0 Å². The molecule has 0 aromatic heterocycles. The molecule has 2 aromatic carbocycles. The van der Waals surface area contributed by atoms with E-state index in [0.29, 0.717) is 29.0 Å². The lowest BCUT2D eigenvalue weighted by molar-refractivity contribution is 0.00330. The second kappa shape index (κ2) is 7.31. The molecule has 2 aromatic rings. The minimum absolute atomic E-state index is 0.0189. The molecule has 0 aliphatic carbocycles. The molecule has 6 N–H and O–H groups in total. The van der Waals surface area contributed by atoms with E-state index in [2.05, 4.69) is 0 Å². The third-order valence-electron chi connectivity index (χ3n) is 3.20. The molecule has 6 nitrogen and oxygen atoms in total. The Morgan fingerprint density at radius 3 is 1.43 bits per heavy atom. The normalized spacial score (nSPS) is 11.5. The largest absolute Gasteiger partial charge is 0.455 e. The molecule has 0 atom stereocenters. The Hall–Kier alpha value is -3.02. The highest BCUT2D eigenvalue weighted by Crippen LogP contribution is 2.19. The molecular formula is C17H20N4O2. The Kier molecular flexibility index (Phi) is 5.19. The molecule has 0 spiro atoms. The maximum Gasteiger partial charge on any atom is 0.240 e. The second-order valence-corrected chi connectivity index (χ2v) is 4.95. The zero-order chi connectivity index (χ0) is 16.8. The van der Waals surface area contributed by atoms with E-state index in [1.165, 1.54) is 0 Å². The zero-order valence-electron chi connectivity index (χ0n) is 12.9. The van der Waals surface area contributed by atoms with Crippen molar-refractivity contribution in [2.24, 2.45) is 11.5 Å². The first-order valence-electron chi connectivity index (χ1n) is 7.22. The molecule has 0 bridgehead atoms. The van der Waals surface area contributed by atoms with E-state index in [0.717, 1.165) is 0 Å². The smallest absolute Gasteiger partial charge is 0.240 e. The molecule has 0 heterocycles. The van der Waals surface area contributed by atoms with Gasteiger partial charge in [0.2, 0.25) is 6.29 Å². The van der Waals surface area contributed by atoms with Crippen molar-refractivity contribution >= 4 is 11.7 Å². The fourth-order valence-electron chi connectivity index (χ4n) is 1.92.